The topological polar surface area (TPSA) is 313 Å². The van der Waals surface area contributed by atoms with Crippen LogP contribution in [0.25, 0.3) is 0 Å². The van der Waals surface area contributed by atoms with Gasteiger partial charge in [-0.1, -0.05) is 89.4 Å². The number of likely N-dealkylation sites (tertiary alicyclic amines) is 1. The van der Waals surface area contributed by atoms with Crippen LogP contribution in [0.5, 0.6) is 0 Å². The van der Waals surface area contributed by atoms with Crippen molar-refractivity contribution in [1.82, 2.24) is 36.8 Å². The maximum absolute atomic E-state index is 15.3. The summed E-state index contributed by atoms with van der Waals surface area (Å²) >= 11 is 0. The normalized spacial score (nSPS) is 18.0. The standard InChI is InChI=1S/C47H67N7O14/c1-6-14-31(41(61)46(66)48-26-38(60)68-25-7-2)50-44(64)35-22-21-34(29-15-10-8-11-16-29)54(35)47(67)40(30-17-12-9-13-18-30)53-45(65)39(27(3)4)52-43(63)33(20-24-37(58)59)51-42(62)32(49-28(5)55)19-23-36(56)57/h7-8,10-11,15-16,27,30-35,39-40H,2,6,9,12-14,17-26H2,1,3-5H3,(H,48,66)(H,49,55)(H,50,64)(H,51,62)(H,52,63)(H,53,65)(H,56,57)(H,58,59)/t31?,32-,33-,34+,35-,39-,40-/m0/s1. The first-order valence-corrected chi connectivity index (χ1v) is 23.2. The third-order valence-corrected chi connectivity index (χ3v) is 11.9. The molecule has 1 heterocycles. The van der Waals surface area contributed by atoms with Crippen molar-refractivity contribution in [1.29, 1.82) is 0 Å². The highest BCUT2D eigenvalue weighted by Crippen LogP contribution is 2.39. The van der Waals surface area contributed by atoms with Crippen molar-refractivity contribution < 1.29 is 67.7 Å². The van der Waals surface area contributed by atoms with E-state index in [0.717, 1.165) is 26.2 Å². The maximum Gasteiger partial charge on any atom is 0.325 e. The summed E-state index contributed by atoms with van der Waals surface area (Å²) in [6.07, 6.45) is 3.85. The molecule has 0 spiro atoms. The Morgan fingerprint density at radius 1 is 0.750 bits per heavy atom. The summed E-state index contributed by atoms with van der Waals surface area (Å²) in [5, 5.41) is 33.8. The predicted molar refractivity (Wildman–Crippen MR) is 244 cm³/mol. The minimum atomic E-state index is -1.55. The summed E-state index contributed by atoms with van der Waals surface area (Å²) in [4.78, 5) is 146. The summed E-state index contributed by atoms with van der Waals surface area (Å²) < 4.78 is 4.85. The van der Waals surface area contributed by atoms with Crippen molar-refractivity contribution >= 4 is 65.0 Å². The van der Waals surface area contributed by atoms with Gasteiger partial charge in [0.25, 0.3) is 5.91 Å². The molecule has 1 saturated heterocycles. The number of carbonyl (C=O) groups excluding carboxylic acids is 9. The number of hydrogen-bond acceptors (Lipinski definition) is 12. The molecule has 1 aliphatic carbocycles. The number of hydrogen-bond donors (Lipinski definition) is 8. The van der Waals surface area contributed by atoms with E-state index >= 15 is 4.79 Å². The van der Waals surface area contributed by atoms with Gasteiger partial charge in [0.05, 0.1) is 12.1 Å². The average molecular weight is 954 g/mol. The first kappa shape index (κ1) is 55.7. The molecule has 2 fully saturated rings. The Hall–Kier alpha value is -6.67. The third kappa shape index (κ3) is 17.2. The summed E-state index contributed by atoms with van der Waals surface area (Å²) in [5.74, 6) is -11.1. The maximum atomic E-state index is 15.3. The molecule has 1 aromatic carbocycles. The van der Waals surface area contributed by atoms with E-state index in [1.165, 1.54) is 11.0 Å². The second kappa shape index (κ2) is 27.8. The number of Topliss-reactive ketones (excluding diaryl/α,β-unsaturated/α-hetero) is 1. The molecule has 1 unspecified atom stereocenters. The molecule has 8 N–H and O–H groups in total. The lowest BCUT2D eigenvalue weighted by molar-refractivity contribution is -0.147. The van der Waals surface area contributed by atoms with E-state index in [9.17, 15) is 58.2 Å². The Morgan fingerprint density at radius 2 is 1.35 bits per heavy atom. The van der Waals surface area contributed by atoms with E-state index in [1.807, 2.05) is 12.1 Å². The van der Waals surface area contributed by atoms with Gasteiger partial charge in [0.2, 0.25) is 41.2 Å². The largest absolute Gasteiger partial charge is 0.481 e. The van der Waals surface area contributed by atoms with E-state index in [2.05, 4.69) is 38.5 Å². The number of benzene rings is 1. The van der Waals surface area contributed by atoms with Gasteiger partial charge in [0, 0.05) is 19.8 Å². The molecule has 21 nitrogen and oxygen atoms in total. The number of ether oxygens (including phenoxy) is 1. The molecule has 7 amide bonds. The van der Waals surface area contributed by atoms with Gasteiger partial charge < -0.3 is 51.8 Å². The SMILES string of the molecule is C=CCOC(=O)CNC(=O)C(=O)C(CCC)NC(=O)[C@@H]1CC[C@H](c2ccccc2)N1C(=O)[C@@H](NC(=O)[C@@H](NC(=O)[C@H](CCC(=O)O)NC(=O)[C@H](CCC(=O)O)NC(C)=O)C(C)C)C1CCCCC1. The van der Waals surface area contributed by atoms with Crippen LogP contribution in [-0.2, 0) is 57.5 Å². The van der Waals surface area contributed by atoms with Crippen molar-refractivity contribution in [3.05, 3.63) is 48.6 Å². The van der Waals surface area contributed by atoms with Crippen molar-refractivity contribution in [2.75, 3.05) is 13.2 Å². The van der Waals surface area contributed by atoms with Crippen LogP contribution < -0.4 is 31.9 Å². The highest BCUT2D eigenvalue weighted by molar-refractivity contribution is 6.38. The second-order valence-electron chi connectivity index (χ2n) is 17.4. The Balaban J connectivity index is 1.96. The molecule has 2 aliphatic rings. The van der Waals surface area contributed by atoms with E-state index in [-0.39, 0.29) is 25.9 Å². The Bertz CT molecular complexity index is 1990. The van der Waals surface area contributed by atoms with Gasteiger partial charge in [0.15, 0.2) is 0 Å². The molecular weight excluding hydrogens is 887 g/mol. The number of carboxylic acid groups (broad SMARTS) is 2. The number of nitrogens with zero attached hydrogens (tertiary/aromatic N) is 1. The van der Waals surface area contributed by atoms with Crippen molar-refractivity contribution in [3.63, 3.8) is 0 Å². The molecular formula is C47H67N7O14. The molecule has 1 aromatic rings. The second-order valence-corrected chi connectivity index (χ2v) is 17.4. The zero-order valence-electron chi connectivity index (χ0n) is 39.2. The van der Waals surface area contributed by atoms with Crippen LogP contribution >= 0.6 is 0 Å². The Kier molecular flexibility index (Phi) is 22.8. The van der Waals surface area contributed by atoms with Crippen molar-refractivity contribution in [2.24, 2.45) is 11.8 Å². The predicted octanol–water partition coefficient (Wildman–Crippen LogP) is 1.34. The van der Waals surface area contributed by atoms with Gasteiger partial charge in [-0.2, -0.15) is 0 Å². The minimum absolute atomic E-state index is 0.0617. The lowest BCUT2D eigenvalue weighted by atomic mass is 9.82. The monoisotopic (exact) mass is 953 g/mol. The lowest BCUT2D eigenvalue weighted by Crippen LogP contribution is -2.62. The van der Waals surface area contributed by atoms with E-state index < -0.39 is 145 Å². The van der Waals surface area contributed by atoms with Gasteiger partial charge in [-0.3, -0.25) is 52.7 Å². The fourth-order valence-electron chi connectivity index (χ4n) is 8.44. The minimum Gasteiger partial charge on any atom is -0.481 e. The fraction of sp³-hybridized carbons (Fsp3) is 0.596. The van der Waals surface area contributed by atoms with Crippen LogP contribution in [0, 0.1) is 11.8 Å². The summed E-state index contributed by atoms with van der Waals surface area (Å²) in [6, 6.07) is 0.378. The molecule has 7 atom stereocenters. The van der Waals surface area contributed by atoms with Gasteiger partial charge in [-0.25, -0.2) is 0 Å². The zero-order chi connectivity index (χ0) is 50.5. The third-order valence-electron chi connectivity index (χ3n) is 11.9. The fourth-order valence-corrected chi connectivity index (χ4v) is 8.44. The molecule has 0 aromatic heterocycles. The number of nitrogens with one attached hydrogen (secondary N) is 6. The summed E-state index contributed by atoms with van der Waals surface area (Å²) in [5.41, 5.74) is 0.708. The quantitative estimate of drug-likeness (QED) is 0.0351. The van der Waals surface area contributed by atoms with Crippen LogP contribution in [0.15, 0.2) is 43.0 Å². The van der Waals surface area contributed by atoms with E-state index in [0.29, 0.717) is 31.2 Å². The zero-order valence-corrected chi connectivity index (χ0v) is 39.2. The number of ketones is 1. The molecule has 68 heavy (non-hydrogen) atoms. The molecule has 0 bridgehead atoms. The number of esters is 1. The van der Waals surface area contributed by atoms with Gasteiger partial charge in [-0.15, -0.1) is 0 Å². The molecule has 21 heteroatoms. The smallest absolute Gasteiger partial charge is 0.325 e. The molecule has 374 valence electrons. The van der Waals surface area contributed by atoms with Crippen molar-refractivity contribution in [3.8, 4) is 0 Å². The molecule has 1 aliphatic heterocycles. The van der Waals surface area contributed by atoms with Crippen LogP contribution in [0.2, 0.25) is 0 Å². The summed E-state index contributed by atoms with van der Waals surface area (Å²) in [7, 11) is 0. The summed E-state index contributed by atoms with van der Waals surface area (Å²) in [6.45, 7) is 8.86. The van der Waals surface area contributed by atoms with Gasteiger partial charge in [-0.05, 0) is 62.3 Å². The highest BCUT2D eigenvalue weighted by Gasteiger charge is 2.47. The molecule has 0 radical (unpaired) electrons. The Labute approximate surface area is 395 Å². The first-order chi connectivity index (χ1) is 32.3. The average Bonchev–Trinajstić information content (AvgIpc) is 3.76. The van der Waals surface area contributed by atoms with Crippen LogP contribution in [0.3, 0.4) is 0 Å². The highest BCUT2D eigenvalue weighted by atomic mass is 16.5. The Morgan fingerprint density at radius 3 is 1.91 bits per heavy atom. The number of rotatable bonds is 27. The van der Waals surface area contributed by atoms with Gasteiger partial charge in [0.1, 0.15) is 43.4 Å². The number of carbonyl (C=O) groups is 11. The van der Waals surface area contributed by atoms with Crippen molar-refractivity contribution in [2.45, 2.75) is 153 Å². The van der Waals surface area contributed by atoms with E-state index in [4.69, 9.17) is 4.74 Å². The molecule has 1 saturated carbocycles. The number of aliphatic carboxylic acids is 2. The number of carboxylic acids is 2. The lowest BCUT2D eigenvalue weighted by Gasteiger charge is -2.38. The van der Waals surface area contributed by atoms with Crippen LogP contribution in [-0.4, -0.2) is 130 Å². The number of amides is 7. The van der Waals surface area contributed by atoms with Gasteiger partial charge >= 0.3 is 17.9 Å². The van der Waals surface area contributed by atoms with E-state index in [1.54, 1.807) is 39.0 Å². The molecule has 3 rings (SSSR count). The van der Waals surface area contributed by atoms with Crippen LogP contribution in [0.4, 0.5) is 0 Å². The van der Waals surface area contributed by atoms with Crippen LogP contribution in [0.1, 0.15) is 123 Å². The first-order valence-electron chi connectivity index (χ1n) is 23.2.